The minimum Gasteiger partial charge on any atom is -0.497 e. The molecule has 104 valence electrons. The average Bonchev–Trinajstić information content (AvgIpc) is 2.55. The van der Waals surface area contributed by atoms with Crippen molar-refractivity contribution in [2.24, 2.45) is 0 Å². The van der Waals surface area contributed by atoms with E-state index in [-0.39, 0.29) is 0 Å². The topological polar surface area (TPSA) is 52.6 Å². The molecule has 0 amide bonds. The molecular weight excluding hydrogens is 256 g/mol. The van der Waals surface area contributed by atoms with E-state index in [4.69, 9.17) is 9.47 Å². The lowest BCUT2D eigenvalue weighted by molar-refractivity contribution is 0.111. The first kappa shape index (κ1) is 15.4. The summed E-state index contributed by atoms with van der Waals surface area (Å²) in [6.45, 7) is 0. The summed E-state index contributed by atoms with van der Waals surface area (Å²) in [7, 11) is 3.17. The van der Waals surface area contributed by atoms with E-state index >= 15 is 0 Å². The second-order valence-corrected chi connectivity index (χ2v) is 3.79. The van der Waals surface area contributed by atoms with E-state index in [1.54, 1.807) is 62.8 Å². The van der Waals surface area contributed by atoms with Gasteiger partial charge in [0, 0.05) is 11.1 Å². The molecule has 20 heavy (non-hydrogen) atoms. The molecule has 4 heteroatoms. The van der Waals surface area contributed by atoms with Crippen LogP contribution in [0, 0.1) is 0 Å². The van der Waals surface area contributed by atoms with Gasteiger partial charge in [0.2, 0.25) is 0 Å². The van der Waals surface area contributed by atoms with Crippen molar-refractivity contribution < 1.29 is 19.1 Å². The van der Waals surface area contributed by atoms with Crippen LogP contribution in [0.2, 0.25) is 0 Å². The third kappa shape index (κ3) is 4.94. The summed E-state index contributed by atoms with van der Waals surface area (Å²) < 4.78 is 9.80. The molecule has 0 aliphatic heterocycles. The number of hydrogen-bond donors (Lipinski definition) is 0. The van der Waals surface area contributed by atoms with Gasteiger partial charge in [-0.2, -0.15) is 0 Å². The van der Waals surface area contributed by atoms with Gasteiger partial charge in [-0.3, -0.25) is 9.59 Å². The molecule has 0 bridgehead atoms. The van der Waals surface area contributed by atoms with Gasteiger partial charge < -0.3 is 9.47 Å². The van der Waals surface area contributed by atoms with Crippen molar-refractivity contribution in [3.63, 3.8) is 0 Å². The molecule has 0 N–H and O–H groups in total. The summed E-state index contributed by atoms with van der Waals surface area (Å²) in [6, 6.07) is 13.9. The fourth-order valence-corrected chi connectivity index (χ4v) is 1.40. The molecule has 0 aliphatic rings. The van der Waals surface area contributed by atoms with Crippen molar-refractivity contribution >= 4 is 12.6 Å². The van der Waals surface area contributed by atoms with Gasteiger partial charge in [-0.15, -0.1) is 0 Å². The second-order valence-electron chi connectivity index (χ2n) is 3.79. The van der Waals surface area contributed by atoms with Crippen LogP contribution in [0.1, 0.15) is 20.7 Å². The van der Waals surface area contributed by atoms with Crippen LogP contribution in [0.25, 0.3) is 0 Å². The number of aldehydes is 2. The summed E-state index contributed by atoms with van der Waals surface area (Å²) in [5.41, 5.74) is 1.31. The number of benzene rings is 2. The van der Waals surface area contributed by atoms with Crippen molar-refractivity contribution in [3.8, 4) is 11.5 Å². The molecule has 0 unspecified atom stereocenters. The zero-order valence-corrected chi connectivity index (χ0v) is 11.4. The van der Waals surface area contributed by atoms with E-state index in [2.05, 4.69) is 0 Å². The Hall–Kier alpha value is -2.62. The van der Waals surface area contributed by atoms with Crippen molar-refractivity contribution in [2.45, 2.75) is 0 Å². The van der Waals surface area contributed by atoms with Gasteiger partial charge in [0.1, 0.15) is 24.1 Å². The number of ether oxygens (including phenoxy) is 2. The van der Waals surface area contributed by atoms with Gasteiger partial charge in [0.15, 0.2) is 0 Å². The Morgan fingerprint density at radius 1 is 0.750 bits per heavy atom. The SMILES string of the molecule is COc1ccc(C=O)cc1.COc1cccc(C=O)c1. The summed E-state index contributed by atoms with van der Waals surface area (Å²) in [4.78, 5) is 20.4. The predicted octanol–water partition coefficient (Wildman–Crippen LogP) is 3.02. The maximum Gasteiger partial charge on any atom is 0.150 e. The monoisotopic (exact) mass is 272 g/mol. The van der Waals surface area contributed by atoms with E-state index < -0.39 is 0 Å². The molecule has 0 spiro atoms. The highest BCUT2D eigenvalue weighted by Gasteiger charge is 1.91. The summed E-state index contributed by atoms with van der Waals surface area (Å²) >= 11 is 0. The number of carbonyl (C=O) groups excluding carboxylic acids is 2. The quantitative estimate of drug-likeness (QED) is 0.803. The smallest absolute Gasteiger partial charge is 0.150 e. The second kappa shape index (κ2) is 8.48. The summed E-state index contributed by atoms with van der Waals surface area (Å²) in [6.07, 6.45) is 1.60. The van der Waals surface area contributed by atoms with Crippen LogP contribution in [0.15, 0.2) is 48.5 Å². The lowest BCUT2D eigenvalue weighted by atomic mass is 10.2. The van der Waals surface area contributed by atoms with Crippen LogP contribution >= 0.6 is 0 Å². The number of rotatable bonds is 4. The molecule has 2 aromatic carbocycles. The van der Waals surface area contributed by atoms with Gasteiger partial charge in [-0.25, -0.2) is 0 Å². The Labute approximate surface area is 118 Å². The van der Waals surface area contributed by atoms with Crippen LogP contribution in [0.4, 0.5) is 0 Å². The van der Waals surface area contributed by atoms with Crippen molar-refractivity contribution in [3.05, 3.63) is 59.7 Å². The standard InChI is InChI=1S/2C8H8O2/c1-10-8-4-2-7(6-9)3-5-8;1-10-8-4-2-3-7(5-8)6-9/h2*2-6H,1H3. The molecule has 0 saturated carbocycles. The minimum absolute atomic E-state index is 0.638. The van der Waals surface area contributed by atoms with Gasteiger partial charge in [0.05, 0.1) is 14.2 Å². The minimum atomic E-state index is 0.638. The molecule has 0 heterocycles. The average molecular weight is 272 g/mol. The van der Waals surface area contributed by atoms with E-state index in [0.717, 1.165) is 18.3 Å². The Balaban J connectivity index is 0.000000200. The molecule has 0 radical (unpaired) electrons. The third-order valence-electron chi connectivity index (χ3n) is 2.48. The van der Waals surface area contributed by atoms with Gasteiger partial charge in [-0.05, 0) is 36.4 Å². The lowest BCUT2D eigenvalue weighted by Gasteiger charge is -1.97. The van der Waals surface area contributed by atoms with E-state index in [9.17, 15) is 9.59 Å². The molecule has 0 aliphatic carbocycles. The largest absolute Gasteiger partial charge is 0.497 e. The van der Waals surface area contributed by atoms with E-state index in [0.29, 0.717) is 16.9 Å². The molecule has 0 fully saturated rings. The fourth-order valence-electron chi connectivity index (χ4n) is 1.40. The van der Waals surface area contributed by atoms with Crippen LogP contribution in [0.5, 0.6) is 11.5 Å². The van der Waals surface area contributed by atoms with E-state index in [1.165, 1.54) is 0 Å². The number of methoxy groups -OCH3 is 2. The van der Waals surface area contributed by atoms with Crippen LogP contribution < -0.4 is 9.47 Å². The van der Waals surface area contributed by atoms with Crippen molar-refractivity contribution in [1.82, 2.24) is 0 Å². The fraction of sp³-hybridized carbons (Fsp3) is 0.125. The highest BCUT2D eigenvalue weighted by Crippen LogP contribution is 2.10. The highest BCUT2D eigenvalue weighted by molar-refractivity contribution is 5.75. The van der Waals surface area contributed by atoms with Crippen LogP contribution in [-0.2, 0) is 0 Å². The first-order chi connectivity index (χ1) is 9.73. The van der Waals surface area contributed by atoms with Gasteiger partial charge in [-0.1, -0.05) is 12.1 Å². The van der Waals surface area contributed by atoms with Gasteiger partial charge >= 0.3 is 0 Å². The summed E-state index contributed by atoms with van der Waals surface area (Å²) in [5.74, 6) is 1.48. The third-order valence-corrected chi connectivity index (χ3v) is 2.48. The first-order valence-electron chi connectivity index (χ1n) is 5.92. The predicted molar refractivity (Wildman–Crippen MR) is 76.8 cm³/mol. The Morgan fingerprint density at radius 2 is 1.35 bits per heavy atom. The first-order valence-corrected chi connectivity index (χ1v) is 5.92. The normalized spacial score (nSPS) is 8.90. The number of carbonyl (C=O) groups is 2. The molecule has 2 rings (SSSR count). The van der Waals surface area contributed by atoms with Crippen LogP contribution in [0.3, 0.4) is 0 Å². The molecule has 0 atom stereocenters. The maximum atomic E-state index is 10.2. The Kier molecular flexibility index (Phi) is 6.54. The van der Waals surface area contributed by atoms with Crippen LogP contribution in [-0.4, -0.2) is 26.8 Å². The number of hydrogen-bond acceptors (Lipinski definition) is 4. The molecular formula is C16H16O4. The van der Waals surface area contributed by atoms with Gasteiger partial charge in [0.25, 0.3) is 0 Å². The Bertz CT molecular complexity index is 547. The Morgan fingerprint density at radius 3 is 1.85 bits per heavy atom. The molecule has 4 nitrogen and oxygen atoms in total. The summed E-state index contributed by atoms with van der Waals surface area (Å²) in [5, 5.41) is 0. The van der Waals surface area contributed by atoms with Crippen molar-refractivity contribution in [1.29, 1.82) is 0 Å². The lowest BCUT2D eigenvalue weighted by Crippen LogP contribution is -1.84. The maximum absolute atomic E-state index is 10.2. The van der Waals surface area contributed by atoms with Crippen molar-refractivity contribution in [2.75, 3.05) is 14.2 Å². The molecule has 2 aromatic rings. The molecule has 0 saturated heterocycles. The van der Waals surface area contributed by atoms with E-state index in [1.807, 2.05) is 0 Å². The molecule has 0 aromatic heterocycles. The highest BCUT2D eigenvalue weighted by atomic mass is 16.5. The zero-order valence-electron chi connectivity index (χ0n) is 11.4. The zero-order chi connectivity index (χ0) is 14.8.